The first-order valence-corrected chi connectivity index (χ1v) is 14.3. The average molecular weight is 508 g/mol. The molecule has 4 saturated carbocycles. The van der Waals surface area contributed by atoms with Crippen molar-refractivity contribution in [1.82, 2.24) is 0 Å². The van der Waals surface area contributed by atoms with Crippen LogP contribution in [0, 0.1) is 67.5 Å². The lowest BCUT2D eigenvalue weighted by atomic mass is 9.33. The van der Waals surface area contributed by atoms with Crippen LogP contribution in [-0.4, -0.2) is 24.6 Å². The minimum absolute atomic E-state index is 0.0458. The van der Waals surface area contributed by atoms with E-state index in [4.69, 9.17) is 4.74 Å². The molecule has 0 radical (unpaired) electrons. The number of nitrogens with zero attached hydrogens (tertiary/aromatic N) is 1. The number of esters is 1. The Morgan fingerprint density at radius 3 is 2.24 bits per heavy atom. The number of carbonyl (C=O) groups is 3. The van der Waals surface area contributed by atoms with E-state index in [0.29, 0.717) is 6.42 Å². The number of hydrogen-bond acceptors (Lipinski definition) is 5. The lowest BCUT2D eigenvalue weighted by molar-refractivity contribution is -0.191. The fraction of sp³-hybridized carbons (Fsp3) is 0.812. The molecule has 5 rings (SSSR count). The molecule has 202 valence electrons. The molecule has 0 heterocycles. The standard InChI is InChI=1S/C32H45NO4/c1-27(2)23-9-10-32(7)24(30(23,5)16-19(18-33)25(27)35)22(34)15-20-21-17-29(4,26(36)37-8)12-11-28(21,3)13-14-31(20,32)6/h15,19,21,23-24H,9-14,16-17H2,1-8H3/t19-,21-,23-,24+,28+,29?,30-,31+,32+/m0/s1. The van der Waals surface area contributed by atoms with E-state index in [2.05, 4.69) is 33.8 Å². The SMILES string of the molecule is COC(=O)C1(C)CC[C@]2(C)CC[C@]3(C)C(=CC(=O)[C@@H]4[C@@]5(C)C[C@@H](C#N)C(=O)C(C)(C)[C@@H]5CC[C@]43C)[C@@H]2C1. The zero-order valence-corrected chi connectivity index (χ0v) is 24.1. The maximum atomic E-state index is 14.4. The van der Waals surface area contributed by atoms with Crippen LogP contribution in [0.15, 0.2) is 11.6 Å². The molecule has 0 aromatic heterocycles. The number of ketones is 2. The molecule has 5 aliphatic carbocycles. The minimum Gasteiger partial charge on any atom is -0.469 e. The molecule has 37 heavy (non-hydrogen) atoms. The van der Waals surface area contributed by atoms with Gasteiger partial charge in [-0.15, -0.1) is 0 Å². The smallest absolute Gasteiger partial charge is 0.311 e. The Bertz CT molecular complexity index is 1150. The zero-order chi connectivity index (χ0) is 27.4. The normalized spacial score (nSPS) is 50.4. The highest BCUT2D eigenvalue weighted by molar-refractivity contribution is 5.97. The Hall–Kier alpha value is -1.96. The molecule has 0 aromatic rings. The molecule has 1 unspecified atom stereocenters. The van der Waals surface area contributed by atoms with Gasteiger partial charge in [-0.3, -0.25) is 14.4 Å². The van der Waals surface area contributed by atoms with Crippen molar-refractivity contribution in [2.75, 3.05) is 7.11 Å². The van der Waals surface area contributed by atoms with Crippen LogP contribution in [0.5, 0.6) is 0 Å². The second-order valence-corrected chi connectivity index (χ2v) is 15.2. The predicted molar refractivity (Wildman–Crippen MR) is 141 cm³/mol. The van der Waals surface area contributed by atoms with Crippen LogP contribution in [0.4, 0.5) is 0 Å². The second-order valence-electron chi connectivity index (χ2n) is 15.2. The van der Waals surface area contributed by atoms with Gasteiger partial charge in [-0.2, -0.15) is 5.26 Å². The van der Waals surface area contributed by atoms with Gasteiger partial charge < -0.3 is 4.74 Å². The van der Waals surface area contributed by atoms with E-state index in [-0.39, 0.29) is 51.5 Å². The molecule has 5 aliphatic rings. The van der Waals surface area contributed by atoms with E-state index in [1.165, 1.54) is 12.7 Å². The Kier molecular flexibility index (Phi) is 5.61. The highest BCUT2D eigenvalue weighted by atomic mass is 16.5. The number of ether oxygens (including phenoxy) is 1. The Labute approximate surface area is 222 Å². The molecular weight excluding hydrogens is 462 g/mol. The van der Waals surface area contributed by atoms with Gasteiger partial charge in [0, 0.05) is 11.3 Å². The van der Waals surface area contributed by atoms with Crippen molar-refractivity contribution in [3.8, 4) is 6.07 Å². The molecule has 0 N–H and O–H groups in total. The number of fused-ring (bicyclic) bond motifs is 7. The number of nitriles is 1. The lowest BCUT2D eigenvalue weighted by Crippen LogP contribution is -2.67. The molecule has 0 spiro atoms. The summed E-state index contributed by atoms with van der Waals surface area (Å²) in [6.45, 7) is 15.3. The highest BCUT2D eigenvalue weighted by Crippen LogP contribution is 2.75. The van der Waals surface area contributed by atoms with Gasteiger partial charge in [-0.1, -0.05) is 47.1 Å². The number of methoxy groups -OCH3 is 1. The molecule has 9 atom stereocenters. The van der Waals surface area contributed by atoms with Crippen molar-refractivity contribution in [2.45, 2.75) is 99.8 Å². The summed E-state index contributed by atoms with van der Waals surface area (Å²) in [5, 5.41) is 9.93. The van der Waals surface area contributed by atoms with Crippen molar-refractivity contribution in [3.05, 3.63) is 11.6 Å². The van der Waals surface area contributed by atoms with Crippen LogP contribution < -0.4 is 0 Å². The van der Waals surface area contributed by atoms with Crippen LogP contribution in [-0.2, 0) is 19.1 Å². The fourth-order valence-electron chi connectivity index (χ4n) is 10.7. The third kappa shape index (κ3) is 3.17. The Morgan fingerprint density at radius 1 is 0.973 bits per heavy atom. The van der Waals surface area contributed by atoms with Crippen LogP contribution in [0.3, 0.4) is 0 Å². The number of rotatable bonds is 1. The van der Waals surface area contributed by atoms with Gasteiger partial charge in [0.25, 0.3) is 0 Å². The summed E-state index contributed by atoms with van der Waals surface area (Å²) in [7, 11) is 1.48. The van der Waals surface area contributed by atoms with Gasteiger partial charge in [-0.05, 0) is 97.9 Å². The van der Waals surface area contributed by atoms with E-state index in [0.717, 1.165) is 44.9 Å². The second kappa shape index (κ2) is 7.80. The largest absolute Gasteiger partial charge is 0.469 e. The van der Waals surface area contributed by atoms with E-state index >= 15 is 0 Å². The van der Waals surface area contributed by atoms with Gasteiger partial charge in [0.1, 0.15) is 5.92 Å². The summed E-state index contributed by atoms with van der Waals surface area (Å²) < 4.78 is 5.24. The van der Waals surface area contributed by atoms with Crippen molar-refractivity contribution in [2.24, 2.45) is 56.2 Å². The predicted octanol–water partition coefficient (Wildman–Crippen LogP) is 6.46. The van der Waals surface area contributed by atoms with Gasteiger partial charge in [0.05, 0.1) is 18.6 Å². The summed E-state index contributed by atoms with van der Waals surface area (Å²) in [6, 6.07) is 2.30. The summed E-state index contributed by atoms with van der Waals surface area (Å²) in [6.07, 6.45) is 8.90. The summed E-state index contributed by atoms with van der Waals surface area (Å²) in [5.41, 5.74) is -0.630. The molecule has 0 amide bonds. The molecule has 0 aliphatic heterocycles. The highest BCUT2D eigenvalue weighted by Gasteiger charge is 2.71. The van der Waals surface area contributed by atoms with Gasteiger partial charge >= 0.3 is 5.97 Å². The van der Waals surface area contributed by atoms with Gasteiger partial charge in [0.15, 0.2) is 11.6 Å². The van der Waals surface area contributed by atoms with Crippen LogP contribution in [0.1, 0.15) is 99.8 Å². The summed E-state index contributed by atoms with van der Waals surface area (Å²) >= 11 is 0. The van der Waals surface area contributed by atoms with Crippen molar-refractivity contribution in [3.63, 3.8) is 0 Å². The first-order chi connectivity index (χ1) is 17.0. The first kappa shape index (κ1) is 26.6. The topological polar surface area (TPSA) is 84.2 Å². The van der Waals surface area contributed by atoms with E-state index in [1.807, 2.05) is 26.8 Å². The Morgan fingerprint density at radius 2 is 1.62 bits per heavy atom. The number of Topliss-reactive ketones (excluding diaryl/α,β-unsaturated/α-hetero) is 1. The van der Waals surface area contributed by atoms with Crippen LogP contribution in [0.25, 0.3) is 0 Å². The van der Waals surface area contributed by atoms with Crippen molar-refractivity contribution < 1.29 is 19.1 Å². The summed E-state index contributed by atoms with van der Waals surface area (Å²) in [5.74, 6) is -0.521. The van der Waals surface area contributed by atoms with E-state index in [1.54, 1.807) is 0 Å². The molecule has 5 heteroatoms. The van der Waals surface area contributed by atoms with Gasteiger partial charge in [0.2, 0.25) is 0 Å². The lowest BCUT2D eigenvalue weighted by Gasteiger charge is -2.70. The van der Waals surface area contributed by atoms with Crippen molar-refractivity contribution >= 4 is 17.5 Å². The third-order valence-corrected chi connectivity index (χ3v) is 13.1. The zero-order valence-electron chi connectivity index (χ0n) is 24.1. The third-order valence-electron chi connectivity index (χ3n) is 13.1. The van der Waals surface area contributed by atoms with E-state index in [9.17, 15) is 19.6 Å². The number of hydrogen-bond donors (Lipinski definition) is 0. The molecule has 0 bridgehead atoms. The monoisotopic (exact) mass is 507 g/mol. The van der Waals surface area contributed by atoms with Crippen LogP contribution in [0.2, 0.25) is 0 Å². The maximum absolute atomic E-state index is 14.4. The summed E-state index contributed by atoms with van der Waals surface area (Å²) in [4.78, 5) is 40.5. The minimum atomic E-state index is -0.654. The van der Waals surface area contributed by atoms with Crippen LogP contribution >= 0.6 is 0 Å². The molecular formula is C32H45NO4. The Balaban J connectivity index is 1.63. The first-order valence-electron chi connectivity index (χ1n) is 14.3. The molecule has 0 aromatic carbocycles. The van der Waals surface area contributed by atoms with E-state index < -0.39 is 22.2 Å². The molecule has 5 nitrogen and oxygen atoms in total. The number of allylic oxidation sites excluding steroid dienone is 2. The van der Waals surface area contributed by atoms with Gasteiger partial charge in [-0.25, -0.2) is 0 Å². The molecule has 4 fully saturated rings. The van der Waals surface area contributed by atoms with Crippen molar-refractivity contribution in [1.29, 1.82) is 5.26 Å². The quantitative estimate of drug-likeness (QED) is 0.380. The maximum Gasteiger partial charge on any atom is 0.311 e. The molecule has 0 saturated heterocycles. The average Bonchev–Trinajstić information content (AvgIpc) is 2.83. The number of carbonyl (C=O) groups excluding carboxylic acids is 3. The fourth-order valence-corrected chi connectivity index (χ4v) is 10.7.